The van der Waals surface area contributed by atoms with Crippen LogP contribution < -0.4 is 21.3 Å². The zero-order chi connectivity index (χ0) is 33.8. The predicted molar refractivity (Wildman–Crippen MR) is 168 cm³/mol. The number of hydrogen-bond donors (Lipinski definition) is 4. The van der Waals surface area contributed by atoms with Crippen molar-refractivity contribution in [3.05, 3.63) is 29.8 Å². The lowest BCUT2D eigenvalue weighted by Crippen LogP contribution is -2.65. The summed E-state index contributed by atoms with van der Waals surface area (Å²) in [5.41, 5.74) is -0.156. The molecule has 0 radical (unpaired) electrons. The van der Waals surface area contributed by atoms with Crippen molar-refractivity contribution in [1.82, 2.24) is 20.9 Å². The van der Waals surface area contributed by atoms with Crippen molar-refractivity contribution in [3.63, 3.8) is 0 Å². The maximum atomic E-state index is 13.9. The van der Waals surface area contributed by atoms with Gasteiger partial charge in [-0.15, -0.1) is 0 Å². The van der Waals surface area contributed by atoms with E-state index in [-0.39, 0.29) is 30.0 Å². The van der Waals surface area contributed by atoms with Gasteiger partial charge in [-0.05, 0) is 50.2 Å². The van der Waals surface area contributed by atoms with Gasteiger partial charge in [-0.3, -0.25) is 38.4 Å². The van der Waals surface area contributed by atoms with Crippen molar-refractivity contribution in [1.29, 1.82) is 0 Å². The smallest absolute Gasteiger partial charge is 0.251 e. The molecule has 1 aromatic rings. The molecule has 3 rings (SSSR count). The second-order valence-electron chi connectivity index (χ2n) is 11.9. The van der Waals surface area contributed by atoms with E-state index in [4.69, 9.17) is 0 Å². The van der Waals surface area contributed by atoms with E-state index < -0.39 is 65.3 Å². The summed E-state index contributed by atoms with van der Waals surface area (Å²) in [6.07, 6.45) is 5.16. The fraction of sp³-hybridized carbons (Fsp3) is 0.576. The van der Waals surface area contributed by atoms with Crippen LogP contribution in [0.15, 0.2) is 24.3 Å². The number of carbonyl (C=O) groups is 8. The summed E-state index contributed by atoms with van der Waals surface area (Å²) in [7, 11) is 0. The van der Waals surface area contributed by atoms with Crippen LogP contribution in [-0.4, -0.2) is 83.0 Å². The van der Waals surface area contributed by atoms with Crippen molar-refractivity contribution in [3.8, 4) is 0 Å². The van der Waals surface area contributed by atoms with Crippen LogP contribution in [0.1, 0.15) is 95.3 Å². The molecule has 0 saturated carbocycles. The number of carbonyl (C=O) groups excluding carboxylic acids is 8. The molecule has 46 heavy (non-hydrogen) atoms. The lowest BCUT2D eigenvalue weighted by atomic mass is 9.92. The Morgan fingerprint density at radius 1 is 0.957 bits per heavy atom. The van der Waals surface area contributed by atoms with E-state index in [0.717, 1.165) is 0 Å². The molecule has 5 amide bonds. The SMILES string of the molecule is CCC(=O)CCCCC[C@@H]1NC(=O)[C@H]2CCCCN2C(=O)[C@H](C(C)CC)NC(=O)C(C(=O)C(=O)c2ccccc2NC=O)NC1=O. The van der Waals surface area contributed by atoms with Gasteiger partial charge in [-0.25, -0.2) is 0 Å². The van der Waals surface area contributed by atoms with Gasteiger partial charge in [0.1, 0.15) is 23.9 Å². The maximum absolute atomic E-state index is 13.9. The largest absolute Gasteiger partial charge is 0.343 e. The van der Waals surface area contributed by atoms with Gasteiger partial charge in [0.25, 0.3) is 5.91 Å². The van der Waals surface area contributed by atoms with Gasteiger partial charge >= 0.3 is 0 Å². The fourth-order valence-electron chi connectivity index (χ4n) is 5.75. The molecule has 4 N–H and O–H groups in total. The molecular weight excluding hydrogens is 594 g/mol. The molecule has 2 fully saturated rings. The van der Waals surface area contributed by atoms with Gasteiger partial charge in [0, 0.05) is 24.9 Å². The number of nitrogens with zero attached hydrogens (tertiary/aromatic N) is 1. The normalized spacial score (nSPS) is 23.0. The van der Waals surface area contributed by atoms with Crippen molar-refractivity contribution in [2.24, 2.45) is 5.92 Å². The zero-order valence-corrected chi connectivity index (χ0v) is 26.8. The highest BCUT2D eigenvalue weighted by atomic mass is 16.2. The maximum Gasteiger partial charge on any atom is 0.251 e. The van der Waals surface area contributed by atoms with E-state index in [1.165, 1.54) is 23.1 Å². The van der Waals surface area contributed by atoms with Crippen LogP contribution in [0.25, 0.3) is 0 Å². The van der Waals surface area contributed by atoms with Crippen molar-refractivity contribution < 1.29 is 38.4 Å². The van der Waals surface area contributed by atoms with Crippen LogP contribution >= 0.6 is 0 Å². The number of fused-ring (bicyclic) bond motifs is 1. The quantitative estimate of drug-likeness (QED) is 0.0780. The summed E-state index contributed by atoms with van der Waals surface area (Å²) in [5, 5.41) is 10.1. The summed E-state index contributed by atoms with van der Waals surface area (Å²) in [5.74, 6) is -5.58. The molecule has 0 bridgehead atoms. The van der Waals surface area contributed by atoms with E-state index in [9.17, 15) is 38.4 Å². The first kappa shape index (κ1) is 36.1. The zero-order valence-electron chi connectivity index (χ0n) is 26.8. The van der Waals surface area contributed by atoms with E-state index in [0.29, 0.717) is 64.2 Å². The second-order valence-corrected chi connectivity index (χ2v) is 11.9. The first-order valence-corrected chi connectivity index (χ1v) is 16.1. The first-order valence-electron chi connectivity index (χ1n) is 16.1. The number of hydrogen-bond acceptors (Lipinski definition) is 8. The van der Waals surface area contributed by atoms with Crippen molar-refractivity contribution >= 4 is 53.1 Å². The predicted octanol–water partition coefficient (Wildman–Crippen LogP) is 1.83. The average Bonchev–Trinajstić information content (AvgIpc) is 3.07. The third-order valence-electron chi connectivity index (χ3n) is 8.76. The molecule has 2 aliphatic rings. The number of nitrogens with one attached hydrogen (secondary N) is 4. The van der Waals surface area contributed by atoms with Gasteiger partial charge < -0.3 is 26.2 Å². The minimum atomic E-state index is -2.03. The Labute approximate surface area is 269 Å². The average molecular weight is 640 g/mol. The lowest BCUT2D eigenvalue weighted by Gasteiger charge is -2.39. The summed E-state index contributed by atoms with van der Waals surface area (Å²) in [6.45, 7) is 5.64. The topological polar surface area (TPSA) is 188 Å². The van der Waals surface area contributed by atoms with Crippen LogP contribution in [0.4, 0.5) is 5.69 Å². The Balaban J connectivity index is 1.99. The molecule has 0 aliphatic carbocycles. The minimum absolute atomic E-state index is 0.0335. The number of para-hydroxylation sites is 1. The fourth-order valence-corrected chi connectivity index (χ4v) is 5.75. The molecule has 2 saturated heterocycles. The van der Waals surface area contributed by atoms with Gasteiger partial charge in [0.05, 0.1) is 5.69 Å². The molecule has 2 unspecified atom stereocenters. The van der Waals surface area contributed by atoms with Crippen LogP contribution in [0.5, 0.6) is 0 Å². The lowest BCUT2D eigenvalue weighted by molar-refractivity contribution is -0.148. The molecule has 13 heteroatoms. The summed E-state index contributed by atoms with van der Waals surface area (Å²) in [6, 6.07) is 0.542. The molecule has 250 valence electrons. The molecule has 1 aromatic carbocycles. The number of Topliss-reactive ketones (excluding diaryl/α,β-unsaturated/α-hetero) is 3. The second kappa shape index (κ2) is 17.3. The monoisotopic (exact) mass is 639 g/mol. The Kier molecular flexibility index (Phi) is 13.6. The number of ketones is 3. The Morgan fingerprint density at radius 2 is 1.70 bits per heavy atom. The number of piperidine rings is 1. The Bertz CT molecular complexity index is 1330. The van der Waals surface area contributed by atoms with Crippen molar-refractivity contribution in [2.75, 3.05) is 11.9 Å². The van der Waals surface area contributed by atoms with Crippen LogP contribution in [0.3, 0.4) is 0 Å². The highest BCUT2D eigenvalue weighted by molar-refractivity contribution is 6.49. The van der Waals surface area contributed by atoms with E-state index in [1.807, 2.05) is 6.92 Å². The molecule has 2 aliphatic heterocycles. The molecule has 13 nitrogen and oxygen atoms in total. The van der Waals surface area contributed by atoms with Crippen LogP contribution in [0.2, 0.25) is 0 Å². The van der Waals surface area contributed by atoms with Gasteiger partial charge in [0.2, 0.25) is 35.7 Å². The van der Waals surface area contributed by atoms with E-state index in [1.54, 1.807) is 19.9 Å². The van der Waals surface area contributed by atoms with Gasteiger partial charge in [0.15, 0.2) is 6.04 Å². The van der Waals surface area contributed by atoms with Crippen molar-refractivity contribution in [2.45, 2.75) is 109 Å². The summed E-state index contributed by atoms with van der Waals surface area (Å²) in [4.78, 5) is 106. The van der Waals surface area contributed by atoms with E-state index in [2.05, 4.69) is 21.3 Å². The summed E-state index contributed by atoms with van der Waals surface area (Å²) < 4.78 is 0. The molecule has 2 heterocycles. The molecule has 5 atom stereocenters. The number of anilines is 1. The Hall–Kier alpha value is -4.42. The highest BCUT2D eigenvalue weighted by Gasteiger charge is 2.43. The number of amides is 5. The van der Waals surface area contributed by atoms with Crippen LogP contribution in [0, 0.1) is 5.92 Å². The molecule has 0 spiro atoms. The third-order valence-corrected chi connectivity index (χ3v) is 8.76. The molecular formula is C33H45N5O8. The summed E-state index contributed by atoms with van der Waals surface area (Å²) >= 11 is 0. The third kappa shape index (κ3) is 9.07. The highest BCUT2D eigenvalue weighted by Crippen LogP contribution is 2.23. The van der Waals surface area contributed by atoms with Gasteiger partial charge in [-0.2, -0.15) is 0 Å². The molecule has 0 aromatic heterocycles. The first-order chi connectivity index (χ1) is 22.0. The van der Waals surface area contributed by atoms with Gasteiger partial charge in [-0.1, -0.05) is 52.2 Å². The van der Waals surface area contributed by atoms with E-state index >= 15 is 0 Å². The number of rotatable bonds is 14. The number of benzene rings is 1. The standard InChI is InChI=1S/C33H45N5O8/c1-4-20(3)26-33(46)38-18-12-11-17-25(38)31(44)35-24(16-8-6-7-13-21(40)5-2)30(43)37-27(32(45)36-26)29(42)28(41)22-14-9-10-15-23(22)34-19-39/h9-10,14-15,19-20,24-27H,4-8,11-13,16-18H2,1-3H3,(H,34,39)(H,35,44)(H,36,45)(H,37,43)/t20?,24-,25+,26-,27?/m0/s1. The minimum Gasteiger partial charge on any atom is -0.343 e. The Morgan fingerprint density at radius 3 is 2.39 bits per heavy atom. The number of unbranched alkanes of at least 4 members (excludes halogenated alkanes) is 2. The van der Waals surface area contributed by atoms with Crippen LogP contribution in [-0.2, 0) is 33.6 Å².